The Morgan fingerprint density at radius 1 is 1.32 bits per heavy atom. The number of fused-ring (bicyclic) bond motifs is 2. The molecule has 0 aromatic heterocycles. The predicted octanol–water partition coefficient (Wildman–Crippen LogP) is 2.41. The van der Waals surface area contributed by atoms with Crippen molar-refractivity contribution in [1.82, 2.24) is 4.90 Å². The molecule has 3 nitrogen and oxygen atoms in total. The summed E-state index contributed by atoms with van der Waals surface area (Å²) in [6.45, 7) is 0. The number of aliphatic carboxylic acids is 1. The zero-order valence-corrected chi connectivity index (χ0v) is 11.3. The fraction of sp³-hybridized carbons (Fsp3) is 0.562. The van der Waals surface area contributed by atoms with Crippen LogP contribution in [-0.2, 0) is 11.2 Å². The largest absolute Gasteiger partial charge is 0.481 e. The summed E-state index contributed by atoms with van der Waals surface area (Å²) in [7, 11) is 2.17. The van der Waals surface area contributed by atoms with Gasteiger partial charge in [-0.2, -0.15) is 0 Å². The normalized spacial score (nSPS) is 34.4. The van der Waals surface area contributed by atoms with Crippen LogP contribution in [0.1, 0.15) is 24.8 Å². The van der Waals surface area contributed by atoms with Crippen LogP contribution in [0.2, 0.25) is 0 Å². The van der Waals surface area contributed by atoms with Gasteiger partial charge in [-0.3, -0.25) is 4.79 Å². The first-order chi connectivity index (χ1) is 9.16. The average Bonchev–Trinajstić information content (AvgIpc) is 2.65. The maximum atomic E-state index is 11.6. The molecule has 3 rings (SSSR count). The van der Waals surface area contributed by atoms with Crippen molar-refractivity contribution in [2.24, 2.45) is 11.8 Å². The fourth-order valence-electron chi connectivity index (χ4n) is 4.03. The van der Waals surface area contributed by atoms with Crippen molar-refractivity contribution in [2.75, 3.05) is 7.05 Å². The van der Waals surface area contributed by atoms with Crippen LogP contribution in [0, 0.1) is 11.8 Å². The first kappa shape index (κ1) is 12.7. The highest BCUT2D eigenvalue weighted by atomic mass is 16.4. The lowest BCUT2D eigenvalue weighted by atomic mass is 9.77. The van der Waals surface area contributed by atoms with E-state index in [1.807, 2.05) is 18.2 Å². The molecular weight excluding hydrogens is 238 g/mol. The van der Waals surface area contributed by atoms with Gasteiger partial charge in [0.1, 0.15) is 0 Å². The van der Waals surface area contributed by atoms with Gasteiger partial charge in [0.15, 0.2) is 0 Å². The van der Waals surface area contributed by atoms with E-state index in [0.717, 1.165) is 25.7 Å². The van der Waals surface area contributed by atoms with E-state index < -0.39 is 5.97 Å². The van der Waals surface area contributed by atoms with Gasteiger partial charge in [-0.1, -0.05) is 30.3 Å². The lowest BCUT2D eigenvalue weighted by Gasteiger charge is -2.41. The van der Waals surface area contributed by atoms with Crippen molar-refractivity contribution in [2.45, 2.75) is 37.8 Å². The molecule has 19 heavy (non-hydrogen) atoms. The van der Waals surface area contributed by atoms with E-state index in [-0.39, 0.29) is 11.8 Å². The highest BCUT2D eigenvalue weighted by molar-refractivity contribution is 5.71. The molecule has 2 bridgehead atoms. The van der Waals surface area contributed by atoms with Crippen LogP contribution in [0.25, 0.3) is 0 Å². The van der Waals surface area contributed by atoms with Crippen molar-refractivity contribution >= 4 is 5.97 Å². The quantitative estimate of drug-likeness (QED) is 0.906. The molecule has 0 spiro atoms. The number of benzene rings is 1. The lowest BCUT2D eigenvalue weighted by molar-refractivity contribution is -0.147. The highest BCUT2D eigenvalue weighted by Gasteiger charge is 2.47. The van der Waals surface area contributed by atoms with Gasteiger partial charge in [0.25, 0.3) is 0 Å². The monoisotopic (exact) mass is 259 g/mol. The van der Waals surface area contributed by atoms with E-state index in [2.05, 4.69) is 24.1 Å². The number of carboxylic acid groups (broad SMARTS) is 1. The molecule has 1 N–H and O–H groups in total. The van der Waals surface area contributed by atoms with Crippen molar-refractivity contribution in [3.05, 3.63) is 35.9 Å². The minimum atomic E-state index is -0.606. The van der Waals surface area contributed by atoms with Gasteiger partial charge >= 0.3 is 5.97 Å². The van der Waals surface area contributed by atoms with Crippen LogP contribution in [-0.4, -0.2) is 35.1 Å². The third kappa shape index (κ3) is 2.27. The number of rotatable bonds is 3. The molecule has 3 heteroatoms. The van der Waals surface area contributed by atoms with E-state index in [0.29, 0.717) is 12.1 Å². The fourth-order valence-corrected chi connectivity index (χ4v) is 4.03. The van der Waals surface area contributed by atoms with E-state index in [1.165, 1.54) is 5.56 Å². The summed E-state index contributed by atoms with van der Waals surface area (Å²) in [6.07, 6.45) is 4.03. The Hall–Kier alpha value is -1.35. The van der Waals surface area contributed by atoms with E-state index in [4.69, 9.17) is 0 Å². The smallest absolute Gasteiger partial charge is 0.306 e. The minimum absolute atomic E-state index is 0.172. The van der Waals surface area contributed by atoms with Crippen molar-refractivity contribution in [3.8, 4) is 0 Å². The molecule has 2 heterocycles. The molecule has 0 amide bonds. The van der Waals surface area contributed by atoms with Gasteiger partial charge in [-0.25, -0.2) is 0 Å². The van der Waals surface area contributed by atoms with Crippen LogP contribution in [0.5, 0.6) is 0 Å². The molecule has 102 valence electrons. The number of hydrogen-bond donors (Lipinski definition) is 1. The molecule has 0 unspecified atom stereocenters. The van der Waals surface area contributed by atoms with Crippen molar-refractivity contribution < 1.29 is 9.90 Å². The maximum absolute atomic E-state index is 11.6. The Labute approximate surface area is 114 Å². The van der Waals surface area contributed by atoms with Crippen LogP contribution < -0.4 is 0 Å². The average molecular weight is 259 g/mol. The number of nitrogens with zero attached hydrogens (tertiary/aromatic N) is 1. The zero-order chi connectivity index (χ0) is 13.4. The molecule has 0 aliphatic carbocycles. The summed E-state index contributed by atoms with van der Waals surface area (Å²) in [6, 6.07) is 11.2. The van der Waals surface area contributed by atoms with Gasteiger partial charge in [-0.15, -0.1) is 0 Å². The Balaban J connectivity index is 1.84. The zero-order valence-electron chi connectivity index (χ0n) is 11.3. The molecule has 2 aliphatic rings. The first-order valence-electron chi connectivity index (χ1n) is 7.15. The van der Waals surface area contributed by atoms with Crippen LogP contribution >= 0.6 is 0 Å². The van der Waals surface area contributed by atoms with Gasteiger partial charge < -0.3 is 10.0 Å². The minimum Gasteiger partial charge on any atom is -0.481 e. The Kier molecular flexibility index (Phi) is 3.31. The van der Waals surface area contributed by atoms with E-state index in [1.54, 1.807) is 0 Å². The van der Waals surface area contributed by atoms with E-state index in [9.17, 15) is 9.90 Å². The molecule has 1 aromatic rings. The molecule has 2 aliphatic heterocycles. The van der Waals surface area contributed by atoms with Crippen LogP contribution in [0.4, 0.5) is 0 Å². The van der Waals surface area contributed by atoms with Crippen molar-refractivity contribution in [3.63, 3.8) is 0 Å². The summed E-state index contributed by atoms with van der Waals surface area (Å²) in [5, 5.41) is 9.52. The standard InChI is InChI=1S/C16H21NO2/c1-17-12-7-8-15(17)13(14(10-12)16(18)19)9-11-5-3-2-4-6-11/h2-6,12-15H,7-10H2,1H3,(H,18,19)/t12-,13-,14-,15+/m0/s1. The first-order valence-corrected chi connectivity index (χ1v) is 7.15. The van der Waals surface area contributed by atoms with E-state index >= 15 is 0 Å². The summed E-state index contributed by atoms with van der Waals surface area (Å²) in [5.41, 5.74) is 1.26. The molecule has 0 radical (unpaired) electrons. The Morgan fingerprint density at radius 2 is 2.05 bits per heavy atom. The van der Waals surface area contributed by atoms with Gasteiger partial charge in [0.2, 0.25) is 0 Å². The number of carbonyl (C=O) groups is 1. The highest BCUT2D eigenvalue weighted by Crippen LogP contribution is 2.42. The second-order valence-electron chi connectivity index (χ2n) is 6.00. The predicted molar refractivity (Wildman–Crippen MR) is 74.0 cm³/mol. The summed E-state index contributed by atoms with van der Waals surface area (Å²) in [5.74, 6) is -0.525. The maximum Gasteiger partial charge on any atom is 0.306 e. The molecule has 1 aromatic carbocycles. The molecule has 2 saturated heterocycles. The third-order valence-corrected chi connectivity index (χ3v) is 5.06. The van der Waals surface area contributed by atoms with Crippen LogP contribution in [0.3, 0.4) is 0 Å². The summed E-state index contributed by atoms with van der Waals surface area (Å²) >= 11 is 0. The van der Waals surface area contributed by atoms with Crippen molar-refractivity contribution in [1.29, 1.82) is 0 Å². The number of hydrogen-bond acceptors (Lipinski definition) is 2. The number of piperidine rings is 1. The number of carboxylic acids is 1. The third-order valence-electron chi connectivity index (χ3n) is 5.06. The SMILES string of the molecule is CN1[C@H]2CC[C@@H]1[C@@H](Cc1ccccc1)[C@@H](C(=O)O)C2. The molecule has 4 atom stereocenters. The molecule has 0 saturated carbocycles. The summed E-state index contributed by atoms with van der Waals surface area (Å²) < 4.78 is 0. The van der Waals surface area contributed by atoms with Gasteiger partial charge in [0.05, 0.1) is 5.92 Å². The topological polar surface area (TPSA) is 40.5 Å². The summed E-state index contributed by atoms with van der Waals surface area (Å²) in [4.78, 5) is 14.0. The van der Waals surface area contributed by atoms with Crippen LogP contribution in [0.15, 0.2) is 30.3 Å². The Bertz CT molecular complexity index is 459. The molecular formula is C16H21NO2. The lowest BCUT2D eigenvalue weighted by Crippen LogP contribution is -2.49. The second kappa shape index (κ2) is 4.97. The second-order valence-corrected chi connectivity index (χ2v) is 6.00. The molecule has 2 fully saturated rings. The Morgan fingerprint density at radius 3 is 2.74 bits per heavy atom. The van der Waals surface area contributed by atoms with Gasteiger partial charge in [-0.05, 0) is 44.2 Å². The van der Waals surface area contributed by atoms with Gasteiger partial charge in [0, 0.05) is 12.1 Å².